The molecule has 2 heteroatoms. The van der Waals surface area contributed by atoms with Crippen LogP contribution in [-0.2, 0) is 0 Å². The fourth-order valence-electron chi connectivity index (χ4n) is 6.77. The maximum absolute atomic E-state index is 2.54. The maximum Gasteiger partial charge on any atom is 0.426 e. The molecular weight excluding hydrogens is 485 g/mol. The van der Waals surface area contributed by atoms with Gasteiger partial charge >= 0.3 is 20.4 Å². The van der Waals surface area contributed by atoms with Crippen molar-refractivity contribution in [3.05, 3.63) is 130 Å². The molecule has 6 rings (SSSR count). The van der Waals surface area contributed by atoms with Crippen LogP contribution in [0.2, 0.25) is 13.1 Å². The number of allylic oxidation sites excluding steroid dienone is 2. The largest absolute Gasteiger partial charge is 0.426 e. The van der Waals surface area contributed by atoms with E-state index >= 15 is 0 Å². The molecule has 0 amide bonds. The van der Waals surface area contributed by atoms with Crippen molar-refractivity contribution in [3.8, 4) is 22.3 Å². The minimum atomic E-state index is -0.634. The molecule has 0 aromatic heterocycles. The van der Waals surface area contributed by atoms with Crippen LogP contribution in [0.4, 0.5) is 0 Å². The van der Waals surface area contributed by atoms with E-state index in [-0.39, 0.29) is 0 Å². The Kier molecular flexibility index (Phi) is 7.22. The van der Waals surface area contributed by atoms with E-state index in [1.807, 2.05) is 0 Å². The van der Waals surface area contributed by atoms with Gasteiger partial charge in [0.1, 0.15) is 0 Å². The third-order valence-corrected chi connectivity index (χ3v) is 12.6. The number of fused-ring (bicyclic) bond motifs is 2. The Balaban J connectivity index is 1.50. The number of benzene rings is 4. The second-order valence-electron chi connectivity index (χ2n) is 10.8. The highest BCUT2D eigenvalue weighted by Crippen LogP contribution is 2.46. The highest BCUT2D eigenvalue weighted by molar-refractivity contribution is 6.80. The lowest BCUT2D eigenvalue weighted by Gasteiger charge is -2.19. The Morgan fingerprint density at radius 2 is 1.26 bits per heavy atom. The Bertz CT molecular complexity index is 1600. The van der Waals surface area contributed by atoms with Crippen LogP contribution in [0.1, 0.15) is 53.0 Å². The van der Waals surface area contributed by atoms with Gasteiger partial charge in [0.05, 0.1) is 0 Å². The lowest BCUT2D eigenvalue weighted by molar-refractivity contribution is 1.00. The minimum absolute atomic E-state index is 0.576. The van der Waals surface area contributed by atoms with Crippen molar-refractivity contribution in [3.63, 3.8) is 0 Å². The smallest absolute Gasteiger partial charge is 0.161 e. The van der Waals surface area contributed by atoms with Crippen LogP contribution in [0.25, 0.3) is 32.0 Å². The molecule has 2 aliphatic rings. The monoisotopic (exact) mass is 518 g/mol. The zero-order valence-electron chi connectivity index (χ0n) is 23.0. The van der Waals surface area contributed by atoms with Crippen molar-refractivity contribution in [2.45, 2.75) is 43.8 Å². The summed E-state index contributed by atoms with van der Waals surface area (Å²) in [6.45, 7) is 9.71. The summed E-state index contributed by atoms with van der Waals surface area (Å²) in [5, 5.41) is 1.69. The number of rotatable bonds is 6. The van der Waals surface area contributed by atoms with Gasteiger partial charge in [-0.15, -0.1) is 0 Å². The third-order valence-electron chi connectivity index (χ3n) is 8.44. The van der Waals surface area contributed by atoms with Crippen molar-refractivity contribution in [1.29, 1.82) is 0 Å². The zero-order chi connectivity index (χ0) is 26.2. The van der Waals surface area contributed by atoms with E-state index in [0.717, 1.165) is 12.8 Å². The minimum Gasteiger partial charge on any atom is -0.161 e. The second kappa shape index (κ2) is 10.8. The summed E-state index contributed by atoms with van der Waals surface area (Å²) in [4.78, 5) is 0. The summed E-state index contributed by atoms with van der Waals surface area (Å²) in [5.74, 6) is 0. The molecule has 0 saturated carbocycles. The molecule has 0 saturated heterocycles. The lowest BCUT2D eigenvalue weighted by atomic mass is 9.95. The van der Waals surface area contributed by atoms with Gasteiger partial charge in [0.15, 0.2) is 0 Å². The first kappa shape index (κ1) is 25.5. The van der Waals surface area contributed by atoms with Crippen LogP contribution in [0, 0.1) is 0 Å². The van der Waals surface area contributed by atoms with E-state index in [1.54, 1.807) is 36.7 Å². The van der Waals surface area contributed by atoms with Crippen LogP contribution in [0.3, 0.4) is 0 Å². The molecule has 2 aliphatic carbocycles. The van der Waals surface area contributed by atoms with E-state index in [4.69, 9.17) is 0 Å². The molecule has 38 heavy (non-hydrogen) atoms. The summed E-state index contributed by atoms with van der Waals surface area (Å²) in [7, 11) is -0.634. The first-order chi connectivity index (χ1) is 18.6. The molecule has 0 fully saturated rings. The molecule has 0 aliphatic heterocycles. The first-order valence-electron chi connectivity index (χ1n) is 14.1. The van der Waals surface area contributed by atoms with E-state index in [2.05, 4.69) is 130 Å². The zero-order valence-corrected chi connectivity index (χ0v) is 25.4. The second-order valence-corrected chi connectivity index (χ2v) is 15.2. The standard InChI is InChI=1S/C19H19Si.C17H15.Mg/c1-4-14-13-16-11-8-12-17(15-9-6-5-7-10-15)18(16)19(14)20(2)3;1-2-13-11-15-9-6-10-16(17(15)12-13)14-7-4-3-5-8-14;/h5-12H,4H2,1-3H3;3-12H,2H2,1H3;. The van der Waals surface area contributed by atoms with Crippen LogP contribution in [-0.4, -0.2) is 33.9 Å². The highest BCUT2D eigenvalue weighted by atomic mass is 28.2. The molecule has 4 aromatic rings. The van der Waals surface area contributed by atoms with Gasteiger partial charge in [-0.3, -0.25) is 0 Å². The topological polar surface area (TPSA) is 0 Å². The molecule has 0 radical (unpaired) electrons. The highest BCUT2D eigenvalue weighted by Gasteiger charge is 2.34. The van der Waals surface area contributed by atoms with Gasteiger partial charge in [0, 0.05) is 8.41 Å². The van der Waals surface area contributed by atoms with Crippen LogP contribution >= 0.6 is 0 Å². The summed E-state index contributed by atoms with van der Waals surface area (Å²) in [6, 6.07) is 36.1. The number of hydrogen-bond acceptors (Lipinski definition) is 0. The van der Waals surface area contributed by atoms with E-state index < -0.39 is 28.8 Å². The molecule has 184 valence electrons. The normalized spacial score (nSPS) is 15.7. The van der Waals surface area contributed by atoms with Crippen LogP contribution < -0.4 is 0 Å². The van der Waals surface area contributed by atoms with Crippen LogP contribution in [0.15, 0.2) is 108 Å². The fraction of sp³-hybridized carbons (Fsp3) is 0.194. The predicted molar refractivity (Wildman–Crippen MR) is 169 cm³/mol. The first-order valence-corrected chi connectivity index (χ1v) is 18.1. The summed E-state index contributed by atoms with van der Waals surface area (Å²) in [6.07, 6.45) is 4.79. The van der Waals surface area contributed by atoms with Crippen LogP contribution in [0.5, 0.6) is 0 Å². The Morgan fingerprint density at radius 3 is 1.89 bits per heavy atom. The van der Waals surface area contributed by atoms with Gasteiger partial charge in [0.25, 0.3) is 0 Å². The van der Waals surface area contributed by atoms with Gasteiger partial charge in [-0.2, -0.15) is 3.70 Å². The SMILES string of the molecule is CCC1=Cc2c(-c3ccccc3)cccc2[CH]1[Mg][C]1=C(CC)C(=[Si](C)C)c2c1cccc2-c1ccccc1. The van der Waals surface area contributed by atoms with E-state index in [0.29, 0.717) is 4.05 Å². The molecular formula is C36H34MgSi. The average molecular weight is 519 g/mol. The molecule has 1 unspecified atom stereocenters. The summed E-state index contributed by atoms with van der Waals surface area (Å²) < 4.78 is 2.30. The summed E-state index contributed by atoms with van der Waals surface area (Å²) in [5.41, 5.74) is 14.9. The molecule has 0 spiro atoms. The Labute approximate surface area is 239 Å². The van der Waals surface area contributed by atoms with E-state index in [9.17, 15) is 0 Å². The van der Waals surface area contributed by atoms with Gasteiger partial charge in [-0.25, -0.2) is 0 Å². The Morgan fingerprint density at radius 1 is 0.658 bits per heavy atom. The lowest BCUT2D eigenvalue weighted by Crippen LogP contribution is -2.14. The fourth-order valence-corrected chi connectivity index (χ4v) is 11.5. The van der Waals surface area contributed by atoms with Gasteiger partial charge in [0.2, 0.25) is 0 Å². The molecule has 0 bridgehead atoms. The molecule has 0 heterocycles. The average Bonchev–Trinajstić information content (AvgIpc) is 3.49. The van der Waals surface area contributed by atoms with Crippen molar-refractivity contribution in [2.24, 2.45) is 0 Å². The Hall–Kier alpha value is -2.79. The molecule has 0 nitrogen and oxygen atoms in total. The maximum atomic E-state index is 2.54. The molecule has 0 N–H and O–H groups in total. The van der Waals surface area contributed by atoms with Crippen molar-refractivity contribution in [1.82, 2.24) is 0 Å². The third kappa shape index (κ3) is 4.33. The van der Waals surface area contributed by atoms with Crippen molar-refractivity contribution < 1.29 is 0 Å². The van der Waals surface area contributed by atoms with Gasteiger partial charge in [-0.05, 0) is 57.0 Å². The summed E-state index contributed by atoms with van der Waals surface area (Å²) >= 11 is -0.619. The van der Waals surface area contributed by atoms with Gasteiger partial charge < -0.3 is 0 Å². The van der Waals surface area contributed by atoms with Crippen molar-refractivity contribution in [2.75, 3.05) is 0 Å². The number of hydrogen-bond donors (Lipinski definition) is 0. The van der Waals surface area contributed by atoms with Gasteiger partial charge in [-0.1, -0.05) is 151 Å². The van der Waals surface area contributed by atoms with Crippen molar-refractivity contribution >= 4 is 43.7 Å². The quantitative estimate of drug-likeness (QED) is 0.223. The van der Waals surface area contributed by atoms with E-state index in [1.165, 1.54) is 27.8 Å². The molecule has 4 aromatic carbocycles. The predicted octanol–water partition coefficient (Wildman–Crippen LogP) is 9.26. The molecule has 1 atom stereocenters.